The SMILES string of the molecule is C=CCCCCCCCCCCCCCCCCC(=O)NC(CCC(=O)O)C(=O)OC(C)(C)C. The van der Waals surface area contributed by atoms with E-state index in [0.717, 1.165) is 25.7 Å². The number of aliphatic carboxylic acids is 1. The number of rotatable bonds is 22. The van der Waals surface area contributed by atoms with Gasteiger partial charge in [0.05, 0.1) is 0 Å². The molecule has 198 valence electrons. The van der Waals surface area contributed by atoms with E-state index in [9.17, 15) is 14.4 Å². The summed E-state index contributed by atoms with van der Waals surface area (Å²) in [6, 6.07) is -0.917. The molecule has 1 unspecified atom stereocenters. The third kappa shape index (κ3) is 22.0. The number of nitrogens with one attached hydrogen (secondary N) is 1. The van der Waals surface area contributed by atoms with Gasteiger partial charge in [-0.1, -0.05) is 83.1 Å². The summed E-state index contributed by atoms with van der Waals surface area (Å²) in [5.74, 6) is -1.80. The molecular formula is C28H51NO5. The van der Waals surface area contributed by atoms with Gasteiger partial charge in [0.15, 0.2) is 0 Å². The van der Waals surface area contributed by atoms with Crippen molar-refractivity contribution in [2.45, 2.75) is 148 Å². The molecule has 1 atom stereocenters. The fraction of sp³-hybridized carbons (Fsp3) is 0.821. The molecule has 0 heterocycles. The maximum atomic E-state index is 12.3. The van der Waals surface area contributed by atoms with Crippen molar-refractivity contribution < 1.29 is 24.2 Å². The topological polar surface area (TPSA) is 92.7 Å². The van der Waals surface area contributed by atoms with E-state index in [1.807, 2.05) is 6.08 Å². The number of esters is 1. The molecule has 1 amide bonds. The van der Waals surface area contributed by atoms with Gasteiger partial charge in [-0.15, -0.1) is 6.58 Å². The van der Waals surface area contributed by atoms with Crippen molar-refractivity contribution in [3.05, 3.63) is 12.7 Å². The van der Waals surface area contributed by atoms with Crippen LogP contribution in [-0.4, -0.2) is 34.6 Å². The number of unbranched alkanes of at least 4 members (excludes halogenated alkanes) is 14. The molecule has 0 aromatic rings. The highest BCUT2D eigenvalue weighted by Gasteiger charge is 2.27. The Morgan fingerprint density at radius 2 is 1.24 bits per heavy atom. The van der Waals surface area contributed by atoms with E-state index in [1.165, 1.54) is 70.6 Å². The lowest BCUT2D eigenvalue weighted by atomic mass is 10.0. The highest BCUT2D eigenvalue weighted by atomic mass is 16.6. The third-order valence-corrected chi connectivity index (χ3v) is 5.74. The number of amides is 1. The monoisotopic (exact) mass is 481 g/mol. The number of carbonyl (C=O) groups is 3. The predicted octanol–water partition coefficient (Wildman–Crippen LogP) is 7.11. The van der Waals surface area contributed by atoms with E-state index in [1.54, 1.807) is 20.8 Å². The summed E-state index contributed by atoms with van der Waals surface area (Å²) in [6.07, 6.45) is 20.7. The van der Waals surface area contributed by atoms with Gasteiger partial charge in [0, 0.05) is 12.8 Å². The molecule has 0 aromatic heterocycles. The maximum absolute atomic E-state index is 12.3. The van der Waals surface area contributed by atoms with Crippen LogP contribution in [0.25, 0.3) is 0 Å². The molecular weight excluding hydrogens is 430 g/mol. The number of carboxylic acid groups (broad SMARTS) is 1. The van der Waals surface area contributed by atoms with Crippen LogP contribution >= 0.6 is 0 Å². The van der Waals surface area contributed by atoms with Gasteiger partial charge in [0.2, 0.25) is 5.91 Å². The molecule has 6 heteroatoms. The molecule has 0 spiro atoms. The van der Waals surface area contributed by atoms with Gasteiger partial charge in [-0.25, -0.2) is 4.79 Å². The summed E-state index contributed by atoms with van der Waals surface area (Å²) in [4.78, 5) is 35.4. The van der Waals surface area contributed by atoms with Crippen LogP contribution in [0.15, 0.2) is 12.7 Å². The van der Waals surface area contributed by atoms with Gasteiger partial charge in [-0.3, -0.25) is 9.59 Å². The van der Waals surface area contributed by atoms with Crippen LogP contribution in [0.4, 0.5) is 0 Å². The third-order valence-electron chi connectivity index (χ3n) is 5.74. The molecule has 6 nitrogen and oxygen atoms in total. The molecule has 0 radical (unpaired) electrons. The Kier molecular flexibility index (Phi) is 19.4. The van der Waals surface area contributed by atoms with Gasteiger partial charge >= 0.3 is 11.9 Å². The Balaban J connectivity index is 3.77. The second-order valence-corrected chi connectivity index (χ2v) is 10.4. The number of ether oxygens (including phenoxy) is 1. The first-order valence-electron chi connectivity index (χ1n) is 13.5. The molecule has 2 N–H and O–H groups in total. The fourth-order valence-electron chi connectivity index (χ4n) is 3.85. The summed E-state index contributed by atoms with van der Waals surface area (Å²) in [5.41, 5.74) is -0.686. The summed E-state index contributed by atoms with van der Waals surface area (Å²) in [5, 5.41) is 11.6. The predicted molar refractivity (Wildman–Crippen MR) is 139 cm³/mol. The van der Waals surface area contributed by atoms with Gasteiger partial charge in [0.1, 0.15) is 11.6 Å². The van der Waals surface area contributed by atoms with E-state index in [0.29, 0.717) is 6.42 Å². The minimum atomic E-state index is -1.00. The van der Waals surface area contributed by atoms with E-state index in [4.69, 9.17) is 9.84 Å². The Labute approximate surface area is 208 Å². The maximum Gasteiger partial charge on any atom is 0.329 e. The second-order valence-electron chi connectivity index (χ2n) is 10.4. The van der Waals surface area contributed by atoms with E-state index >= 15 is 0 Å². The molecule has 0 fully saturated rings. The van der Waals surface area contributed by atoms with Gasteiger partial charge in [-0.05, 0) is 46.5 Å². The minimum absolute atomic E-state index is 0.0335. The molecule has 0 bridgehead atoms. The number of carbonyl (C=O) groups excluding carboxylic acids is 2. The van der Waals surface area contributed by atoms with Crippen LogP contribution in [0, 0.1) is 0 Å². The van der Waals surface area contributed by atoms with E-state index in [-0.39, 0.29) is 18.7 Å². The van der Waals surface area contributed by atoms with Crippen molar-refractivity contribution >= 4 is 17.8 Å². The molecule has 0 saturated carbocycles. The summed E-state index contributed by atoms with van der Waals surface area (Å²) >= 11 is 0. The van der Waals surface area contributed by atoms with Gasteiger partial charge in [-0.2, -0.15) is 0 Å². The first-order chi connectivity index (χ1) is 16.2. The Morgan fingerprint density at radius 3 is 1.65 bits per heavy atom. The molecule has 0 aromatic carbocycles. The average Bonchev–Trinajstić information content (AvgIpc) is 2.75. The Hall–Kier alpha value is -1.85. The summed E-state index contributed by atoms with van der Waals surface area (Å²) in [7, 11) is 0. The highest BCUT2D eigenvalue weighted by molar-refractivity contribution is 5.85. The Bertz CT molecular complexity index is 568. The molecule has 34 heavy (non-hydrogen) atoms. The van der Waals surface area contributed by atoms with Crippen LogP contribution in [0.3, 0.4) is 0 Å². The lowest BCUT2D eigenvalue weighted by molar-refractivity contribution is -0.159. The second kappa shape index (κ2) is 20.5. The van der Waals surface area contributed by atoms with Crippen LogP contribution in [-0.2, 0) is 19.1 Å². The number of hydrogen-bond acceptors (Lipinski definition) is 4. The van der Waals surface area contributed by atoms with Crippen LogP contribution in [0.5, 0.6) is 0 Å². The van der Waals surface area contributed by atoms with Crippen molar-refractivity contribution in [1.29, 1.82) is 0 Å². The van der Waals surface area contributed by atoms with Crippen molar-refractivity contribution in [3.63, 3.8) is 0 Å². The van der Waals surface area contributed by atoms with Crippen molar-refractivity contribution in [3.8, 4) is 0 Å². The quantitative estimate of drug-likeness (QED) is 0.0976. The van der Waals surface area contributed by atoms with E-state index in [2.05, 4.69) is 11.9 Å². The minimum Gasteiger partial charge on any atom is -0.481 e. The van der Waals surface area contributed by atoms with E-state index < -0.39 is 23.6 Å². The zero-order valence-corrected chi connectivity index (χ0v) is 22.2. The van der Waals surface area contributed by atoms with Crippen molar-refractivity contribution in [2.24, 2.45) is 0 Å². The zero-order chi connectivity index (χ0) is 25.7. The molecule has 0 rings (SSSR count). The van der Waals surface area contributed by atoms with Gasteiger partial charge < -0.3 is 15.2 Å². The summed E-state index contributed by atoms with van der Waals surface area (Å²) < 4.78 is 5.32. The number of allylic oxidation sites excluding steroid dienone is 1. The normalized spacial score (nSPS) is 12.2. The van der Waals surface area contributed by atoms with Crippen LogP contribution in [0.1, 0.15) is 136 Å². The first kappa shape index (κ1) is 32.1. The largest absolute Gasteiger partial charge is 0.481 e. The average molecular weight is 482 g/mol. The smallest absolute Gasteiger partial charge is 0.329 e. The number of carboxylic acids is 1. The molecule has 0 saturated heterocycles. The molecule has 0 aliphatic carbocycles. The molecule has 0 aliphatic heterocycles. The first-order valence-corrected chi connectivity index (χ1v) is 13.5. The highest BCUT2D eigenvalue weighted by Crippen LogP contribution is 2.14. The fourth-order valence-corrected chi connectivity index (χ4v) is 3.85. The summed E-state index contributed by atoms with van der Waals surface area (Å²) in [6.45, 7) is 8.99. The van der Waals surface area contributed by atoms with Crippen molar-refractivity contribution in [1.82, 2.24) is 5.32 Å². The van der Waals surface area contributed by atoms with Crippen molar-refractivity contribution in [2.75, 3.05) is 0 Å². The standard InChI is InChI=1S/C28H51NO5/c1-5-6-7-8-9-10-11-12-13-14-15-16-17-18-19-20-21-25(30)29-24(22-23-26(31)32)27(33)34-28(2,3)4/h5,24H,1,6-23H2,2-4H3,(H,29,30)(H,31,32). The number of hydrogen-bond donors (Lipinski definition) is 2. The van der Waals surface area contributed by atoms with Crippen LogP contribution in [0.2, 0.25) is 0 Å². The van der Waals surface area contributed by atoms with Gasteiger partial charge in [0.25, 0.3) is 0 Å². The molecule has 0 aliphatic rings. The zero-order valence-electron chi connectivity index (χ0n) is 22.2. The lowest BCUT2D eigenvalue weighted by Gasteiger charge is -2.24. The Morgan fingerprint density at radius 1 is 0.794 bits per heavy atom. The lowest BCUT2D eigenvalue weighted by Crippen LogP contribution is -2.44. The van der Waals surface area contributed by atoms with Crippen LogP contribution < -0.4 is 5.32 Å².